The van der Waals surface area contributed by atoms with Crippen LogP contribution >= 0.6 is 11.8 Å². The van der Waals surface area contributed by atoms with Gasteiger partial charge in [0, 0.05) is 78.7 Å². The average Bonchev–Trinajstić information content (AvgIpc) is 3.35. The maximum absolute atomic E-state index is 2.91. The van der Waals surface area contributed by atoms with Crippen molar-refractivity contribution in [3.8, 4) is 0 Å². The molecule has 0 amide bonds. The predicted molar refractivity (Wildman–Crippen MR) is 289 cm³/mol. The van der Waals surface area contributed by atoms with Gasteiger partial charge in [-0.05, 0) is 161 Å². The molecule has 2 saturated heterocycles. The summed E-state index contributed by atoms with van der Waals surface area (Å²) >= 11 is 2.02. The van der Waals surface area contributed by atoms with Gasteiger partial charge >= 0.3 is 0 Å². The van der Waals surface area contributed by atoms with Crippen molar-refractivity contribution < 1.29 is 0 Å². The van der Waals surface area contributed by atoms with E-state index in [1.54, 1.807) is 0 Å². The number of rotatable bonds is 4. The summed E-state index contributed by atoms with van der Waals surface area (Å²) in [6, 6.07) is 68.7. The van der Waals surface area contributed by atoms with Gasteiger partial charge in [0.1, 0.15) is 0 Å². The Kier molecular flexibility index (Phi) is 8.40. The third-order valence-electron chi connectivity index (χ3n) is 16.8. The van der Waals surface area contributed by atoms with Crippen molar-refractivity contribution in [3.63, 3.8) is 0 Å². The Morgan fingerprint density at radius 2 is 0.868 bits per heavy atom. The van der Waals surface area contributed by atoms with E-state index in [0.29, 0.717) is 12.1 Å². The molecule has 8 aromatic rings. The lowest BCUT2D eigenvalue weighted by Gasteiger charge is -2.57. The second-order valence-electron chi connectivity index (χ2n) is 21.7. The number of fused-ring (bicyclic) bond motifs is 8. The van der Waals surface area contributed by atoms with Crippen LogP contribution in [0, 0.1) is 11.8 Å². The summed E-state index contributed by atoms with van der Waals surface area (Å²) in [7, 11) is 0. The molecule has 16 rings (SSSR count). The lowest BCUT2D eigenvalue weighted by Crippen LogP contribution is -2.64. The molecule has 0 aromatic heterocycles. The highest BCUT2D eigenvalue weighted by Gasteiger charge is 2.50. The van der Waals surface area contributed by atoms with Crippen LogP contribution in [0.25, 0.3) is 0 Å². The summed E-state index contributed by atoms with van der Waals surface area (Å²) < 4.78 is 0. The zero-order chi connectivity index (χ0) is 45.0. The van der Waals surface area contributed by atoms with Crippen LogP contribution in [0.1, 0.15) is 58.4 Å². The van der Waals surface area contributed by atoms with Crippen LogP contribution in [0.2, 0.25) is 0 Å². The second kappa shape index (κ2) is 14.5. The lowest BCUT2D eigenvalue weighted by molar-refractivity contribution is 0.0900. The van der Waals surface area contributed by atoms with Gasteiger partial charge < -0.3 is 19.6 Å². The third kappa shape index (κ3) is 5.66. The SMILES string of the molecule is CC(C)(C)c1cc2c3c(c1)N(c1ccccc1)c1cc4c(cc1B3c1ccccc1N2c1ccccc1)B1c2ccccc2N(c2ccccc2)c2cc(N3C5CC6CC(C5)CC3C6)cc(c21)S4. The summed E-state index contributed by atoms with van der Waals surface area (Å²) in [4.78, 5) is 13.4. The van der Waals surface area contributed by atoms with Crippen molar-refractivity contribution >= 4 is 115 Å². The smallest absolute Gasteiger partial charge is 0.252 e. The summed E-state index contributed by atoms with van der Waals surface area (Å²) in [5.74, 6) is 1.81. The number of hydrogen-bond acceptors (Lipinski definition) is 5. The van der Waals surface area contributed by atoms with Gasteiger partial charge in [-0.3, -0.25) is 0 Å². The van der Waals surface area contributed by atoms with Crippen molar-refractivity contribution in [2.24, 2.45) is 11.8 Å². The van der Waals surface area contributed by atoms with E-state index in [1.165, 1.54) is 137 Å². The molecule has 4 fully saturated rings. The van der Waals surface area contributed by atoms with E-state index in [4.69, 9.17) is 0 Å². The van der Waals surface area contributed by atoms with E-state index in [1.807, 2.05) is 11.8 Å². The minimum absolute atomic E-state index is 0.0306. The standard InChI is InChI=1S/C61H52B2N4S/c1-61(2,3)40-32-54-59-55(33-40)67(43-21-11-6-12-22-43)53-37-57-50(36-49(53)62(59)47-23-13-15-25-51(47)65(54)41-17-7-4-8-18-41)63-48-24-14-16-26-52(48)66(42-19-9-5-10-20-42)56-34-46(35-58(68-57)60(56)63)64-44-28-38-27-39(30-44)31-45(64)29-38/h4-26,32-39,44-45H,27-31H2,1-3H3. The Labute approximate surface area is 405 Å². The van der Waals surface area contributed by atoms with Gasteiger partial charge in [-0.2, -0.15) is 0 Å². The van der Waals surface area contributed by atoms with E-state index in [0.717, 1.165) is 11.8 Å². The monoisotopic (exact) mass is 894 g/mol. The number of anilines is 10. The first-order valence-electron chi connectivity index (χ1n) is 25.1. The molecule has 2 saturated carbocycles. The molecule has 6 aliphatic heterocycles. The average molecular weight is 895 g/mol. The van der Waals surface area contributed by atoms with Crippen LogP contribution in [0.4, 0.5) is 56.9 Å². The maximum atomic E-state index is 2.91. The highest BCUT2D eigenvalue weighted by molar-refractivity contribution is 8.00. The third-order valence-corrected chi connectivity index (χ3v) is 18.0. The van der Waals surface area contributed by atoms with Gasteiger partial charge in [0.15, 0.2) is 0 Å². The molecule has 328 valence electrons. The first-order chi connectivity index (χ1) is 33.3. The van der Waals surface area contributed by atoms with Crippen LogP contribution in [-0.2, 0) is 5.41 Å². The first-order valence-corrected chi connectivity index (χ1v) is 25.9. The Morgan fingerprint density at radius 3 is 1.40 bits per heavy atom. The van der Waals surface area contributed by atoms with Crippen molar-refractivity contribution in [2.75, 3.05) is 19.6 Å². The Hall–Kier alpha value is -6.56. The first kappa shape index (κ1) is 39.4. The second-order valence-corrected chi connectivity index (χ2v) is 22.8. The fraction of sp³-hybridized carbons (Fsp3) is 0.213. The minimum atomic E-state index is -0.0803. The number of para-hydroxylation sites is 5. The molecule has 8 aliphatic rings. The zero-order valence-corrected chi connectivity index (χ0v) is 39.8. The fourth-order valence-corrected chi connectivity index (χ4v) is 15.4. The normalized spacial score (nSPS) is 20.9. The number of hydrogen-bond donors (Lipinski definition) is 0. The minimum Gasteiger partial charge on any atom is -0.365 e. The number of piperidine rings is 2. The maximum Gasteiger partial charge on any atom is 0.252 e. The molecule has 0 spiro atoms. The van der Waals surface area contributed by atoms with Crippen LogP contribution < -0.4 is 52.4 Å². The van der Waals surface area contributed by atoms with E-state index < -0.39 is 0 Å². The van der Waals surface area contributed by atoms with Crippen LogP contribution in [0.5, 0.6) is 0 Å². The molecular weight excluding hydrogens is 842 g/mol. The molecule has 6 heterocycles. The van der Waals surface area contributed by atoms with Crippen molar-refractivity contribution in [3.05, 3.63) is 181 Å². The van der Waals surface area contributed by atoms with Crippen molar-refractivity contribution in [1.82, 2.24) is 0 Å². The Morgan fingerprint density at radius 1 is 0.397 bits per heavy atom. The van der Waals surface area contributed by atoms with E-state index in [9.17, 15) is 0 Å². The van der Waals surface area contributed by atoms with Gasteiger partial charge in [0.2, 0.25) is 6.71 Å². The van der Waals surface area contributed by atoms with E-state index >= 15 is 0 Å². The van der Waals surface area contributed by atoms with Crippen molar-refractivity contribution in [2.45, 2.75) is 80.2 Å². The molecule has 2 aliphatic carbocycles. The molecule has 0 N–H and O–H groups in total. The molecule has 4 bridgehead atoms. The number of benzene rings is 8. The Balaban J connectivity index is 1.00. The van der Waals surface area contributed by atoms with Gasteiger partial charge in [-0.25, -0.2) is 0 Å². The molecular formula is C61H52B2N4S. The van der Waals surface area contributed by atoms with Gasteiger partial charge in [-0.15, -0.1) is 0 Å². The van der Waals surface area contributed by atoms with Crippen LogP contribution in [-0.4, -0.2) is 25.5 Å². The molecule has 7 heteroatoms. The number of nitrogens with zero attached hydrogens (tertiary/aromatic N) is 4. The van der Waals surface area contributed by atoms with Gasteiger partial charge in [-0.1, -0.05) is 135 Å². The van der Waals surface area contributed by atoms with Gasteiger partial charge in [0.05, 0.1) is 0 Å². The highest BCUT2D eigenvalue weighted by atomic mass is 32.2. The molecule has 68 heavy (non-hydrogen) atoms. The van der Waals surface area contributed by atoms with Crippen molar-refractivity contribution in [1.29, 1.82) is 0 Å². The highest BCUT2D eigenvalue weighted by Crippen LogP contribution is 2.53. The predicted octanol–water partition coefficient (Wildman–Crippen LogP) is 11.6. The summed E-state index contributed by atoms with van der Waals surface area (Å²) in [5, 5.41) is 0. The van der Waals surface area contributed by atoms with Crippen LogP contribution in [0.15, 0.2) is 186 Å². The summed E-state index contributed by atoms with van der Waals surface area (Å²) in [6.45, 7) is 7.19. The fourth-order valence-electron chi connectivity index (χ4n) is 14.2. The molecule has 0 radical (unpaired) electrons. The summed E-state index contributed by atoms with van der Waals surface area (Å²) in [6.07, 6.45) is 6.83. The van der Waals surface area contributed by atoms with E-state index in [-0.39, 0.29) is 18.8 Å². The quantitative estimate of drug-likeness (QED) is 0.163. The van der Waals surface area contributed by atoms with Gasteiger partial charge in [0.25, 0.3) is 6.71 Å². The largest absolute Gasteiger partial charge is 0.365 e. The van der Waals surface area contributed by atoms with Crippen LogP contribution in [0.3, 0.4) is 0 Å². The Bertz CT molecular complexity index is 3340. The molecule has 0 unspecified atom stereocenters. The van der Waals surface area contributed by atoms with E-state index in [2.05, 4.69) is 216 Å². The zero-order valence-electron chi connectivity index (χ0n) is 38.9. The molecule has 4 nitrogen and oxygen atoms in total. The lowest BCUT2D eigenvalue weighted by atomic mass is 9.31. The summed E-state index contributed by atoms with van der Waals surface area (Å²) in [5.41, 5.74) is 22.3. The topological polar surface area (TPSA) is 13.0 Å². The molecule has 0 atom stereocenters. The molecule has 8 aromatic carbocycles.